The van der Waals surface area contributed by atoms with Crippen LogP contribution >= 0.6 is 11.3 Å². The van der Waals surface area contributed by atoms with E-state index in [0.29, 0.717) is 6.54 Å². The minimum absolute atomic E-state index is 0.116. The van der Waals surface area contributed by atoms with Gasteiger partial charge in [0.2, 0.25) is 0 Å². The summed E-state index contributed by atoms with van der Waals surface area (Å²) in [5.41, 5.74) is 6.87. The van der Waals surface area contributed by atoms with Crippen molar-refractivity contribution < 1.29 is 9.47 Å². The number of aromatic nitrogens is 1. The first kappa shape index (κ1) is 13.7. The van der Waals surface area contributed by atoms with Gasteiger partial charge in [-0.3, -0.25) is 0 Å². The molecule has 2 rings (SSSR count). The maximum absolute atomic E-state index is 5.75. The van der Waals surface area contributed by atoms with Gasteiger partial charge in [-0.05, 0) is 6.42 Å². The van der Waals surface area contributed by atoms with E-state index in [1.807, 2.05) is 0 Å². The van der Waals surface area contributed by atoms with Crippen LogP contribution in [0.15, 0.2) is 0 Å². The van der Waals surface area contributed by atoms with Crippen molar-refractivity contribution in [1.82, 2.24) is 4.98 Å². The molecule has 18 heavy (non-hydrogen) atoms. The van der Waals surface area contributed by atoms with E-state index < -0.39 is 0 Å². The van der Waals surface area contributed by atoms with E-state index in [-0.39, 0.29) is 12.2 Å². The van der Waals surface area contributed by atoms with Gasteiger partial charge in [0, 0.05) is 38.7 Å². The fourth-order valence-electron chi connectivity index (χ4n) is 2.29. The van der Waals surface area contributed by atoms with Crippen molar-refractivity contribution in [3.05, 3.63) is 10.6 Å². The number of methoxy groups -OCH3 is 2. The molecule has 1 aliphatic rings. The van der Waals surface area contributed by atoms with Crippen LogP contribution in [0.25, 0.3) is 0 Å². The van der Waals surface area contributed by atoms with Gasteiger partial charge in [-0.2, -0.15) is 0 Å². The molecule has 0 aliphatic carbocycles. The number of rotatable bonds is 5. The van der Waals surface area contributed by atoms with Gasteiger partial charge in [0.25, 0.3) is 0 Å². The first-order valence-electron chi connectivity index (χ1n) is 6.22. The molecule has 0 radical (unpaired) electrons. The Morgan fingerprint density at radius 3 is 2.33 bits per heavy atom. The minimum atomic E-state index is 0.116. The molecule has 0 amide bonds. The third-order valence-electron chi connectivity index (χ3n) is 3.38. The third kappa shape index (κ3) is 2.51. The van der Waals surface area contributed by atoms with E-state index in [9.17, 15) is 0 Å². The van der Waals surface area contributed by atoms with E-state index >= 15 is 0 Å². The molecule has 0 aromatic carbocycles. The summed E-state index contributed by atoms with van der Waals surface area (Å²) in [4.78, 5) is 8.08. The van der Waals surface area contributed by atoms with Crippen molar-refractivity contribution >= 4 is 16.5 Å². The van der Waals surface area contributed by atoms with Crippen molar-refractivity contribution in [2.75, 3.05) is 32.2 Å². The van der Waals surface area contributed by atoms with Gasteiger partial charge < -0.3 is 20.1 Å². The van der Waals surface area contributed by atoms with Crippen LogP contribution in [-0.2, 0) is 22.4 Å². The Labute approximate surface area is 112 Å². The van der Waals surface area contributed by atoms with E-state index in [2.05, 4.69) is 16.8 Å². The van der Waals surface area contributed by atoms with Gasteiger partial charge in [0.15, 0.2) is 5.13 Å². The molecule has 1 aromatic heterocycles. The van der Waals surface area contributed by atoms with Crippen LogP contribution in [0, 0.1) is 0 Å². The molecule has 1 saturated heterocycles. The maximum Gasteiger partial charge on any atom is 0.186 e. The fourth-order valence-corrected chi connectivity index (χ4v) is 3.34. The van der Waals surface area contributed by atoms with Crippen LogP contribution in [0.3, 0.4) is 0 Å². The molecule has 5 nitrogen and oxygen atoms in total. The smallest absolute Gasteiger partial charge is 0.186 e. The highest BCUT2D eigenvalue weighted by molar-refractivity contribution is 7.15. The standard InChI is InChI=1S/C12H21N3O2S/c1-4-8-11(5-13)18-12(14-8)15-6-9(16-2)10(7-15)17-3/h9-10H,4-7,13H2,1-3H3. The van der Waals surface area contributed by atoms with Crippen LogP contribution in [0.1, 0.15) is 17.5 Å². The van der Waals surface area contributed by atoms with Gasteiger partial charge in [-0.25, -0.2) is 4.98 Å². The molecule has 2 N–H and O–H groups in total. The van der Waals surface area contributed by atoms with Crippen molar-refractivity contribution in [2.24, 2.45) is 5.73 Å². The lowest BCUT2D eigenvalue weighted by Crippen LogP contribution is -2.27. The second kappa shape index (κ2) is 5.97. The maximum atomic E-state index is 5.75. The lowest BCUT2D eigenvalue weighted by atomic mass is 10.3. The second-order valence-corrected chi connectivity index (χ2v) is 5.44. The average molecular weight is 271 g/mol. The highest BCUT2D eigenvalue weighted by Crippen LogP contribution is 2.30. The summed E-state index contributed by atoms with van der Waals surface area (Å²) in [5.74, 6) is 0. The summed E-state index contributed by atoms with van der Waals surface area (Å²) in [6.07, 6.45) is 1.16. The van der Waals surface area contributed by atoms with Crippen LogP contribution in [0.2, 0.25) is 0 Å². The van der Waals surface area contributed by atoms with Crippen molar-refractivity contribution in [3.63, 3.8) is 0 Å². The zero-order valence-corrected chi connectivity index (χ0v) is 12.0. The molecular weight excluding hydrogens is 250 g/mol. The van der Waals surface area contributed by atoms with E-state index in [0.717, 1.165) is 30.3 Å². The first-order chi connectivity index (χ1) is 8.73. The Balaban J connectivity index is 2.15. The van der Waals surface area contributed by atoms with Gasteiger partial charge in [0.1, 0.15) is 12.2 Å². The monoisotopic (exact) mass is 271 g/mol. The summed E-state index contributed by atoms with van der Waals surface area (Å²) in [6.45, 7) is 4.33. The molecule has 0 bridgehead atoms. The topological polar surface area (TPSA) is 60.6 Å². The highest BCUT2D eigenvalue weighted by Gasteiger charge is 2.34. The number of nitrogens with zero attached hydrogens (tertiary/aromatic N) is 2. The van der Waals surface area contributed by atoms with Gasteiger partial charge in [-0.1, -0.05) is 6.92 Å². The molecule has 0 saturated carbocycles. The zero-order chi connectivity index (χ0) is 13.1. The lowest BCUT2D eigenvalue weighted by molar-refractivity contribution is -0.00461. The number of nitrogens with two attached hydrogens (primary N) is 1. The predicted molar refractivity (Wildman–Crippen MR) is 73.2 cm³/mol. The number of aryl methyl sites for hydroxylation is 1. The molecule has 0 spiro atoms. The molecule has 2 atom stereocenters. The average Bonchev–Trinajstić information content (AvgIpc) is 3.01. The molecule has 1 aromatic rings. The molecule has 2 heterocycles. The van der Waals surface area contributed by atoms with Crippen LogP contribution in [0.5, 0.6) is 0 Å². The Hall–Kier alpha value is -0.690. The SMILES string of the molecule is CCc1nc(N2CC(OC)C(OC)C2)sc1CN. The Bertz CT molecular complexity index is 363. The van der Waals surface area contributed by atoms with Crippen LogP contribution in [0.4, 0.5) is 5.13 Å². The summed E-state index contributed by atoms with van der Waals surface area (Å²) < 4.78 is 10.9. The number of anilines is 1. The van der Waals surface area contributed by atoms with Gasteiger partial charge in [0.05, 0.1) is 5.69 Å². The summed E-state index contributed by atoms with van der Waals surface area (Å²) >= 11 is 1.69. The second-order valence-electron chi connectivity index (χ2n) is 4.38. The third-order valence-corrected chi connectivity index (χ3v) is 4.56. The van der Waals surface area contributed by atoms with E-state index in [1.54, 1.807) is 25.6 Å². The molecule has 1 aliphatic heterocycles. The number of ether oxygens (including phenoxy) is 2. The molecule has 2 unspecified atom stereocenters. The molecule has 102 valence electrons. The minimum Gasteiger partial charge on any atom is -0.377 e. The first-order valence-corrected chi connectivity index (χ1v) is 7.04. The van der Waals surface area contributed by atoms with Crippen LogP contribution < -0.4 is 10.6 Å². The predicted octanol–water partition coefficient (Wildman–Crippen LogP) is 1.01. The lowest BCUT2D eigenvalue weighted by Gasteiger charge is -2.13. The molecular formula is C12H21N3O2S. The Morgan fingerprint density at radius 1 is 1.33 bits per heavy atom. The van der Waals surface area contributed by atoms with E-state index in [1.165, 1.54) is 4.88 Å². The summed E-state index contributed by atoms with van der Waals surface area (Å²) in [7, 11) is 3.45. The number of hydrogen-bond acceptors (Lipinski definition) is 6. The quantitative estimate of drug-likeness (QED) is 0.866. The van der Waals surface area contributed by atoms with E-state index in [4.69, 9.17) is 15.2 Å². The summed E-state index contributed by atoms with van der Waals surface area (Å²) in [6, 6.07) is 0. The fraction of sp³-hybridized carbons (Fsp3) is 0.750. The normalized spacial score (nSPS) is 23.9. The van der Waals surface area contributed by atoms with Gasteiger partial charge in [-0.15, -0.1) is 11.3 Å². The number of hydrogen-bond donors (Lipinski definition) is 1. The van der Waals surface area contributed by atoms with Crippen molar-refractivity contribution in [1.29, 1.82) is 0 Å². The zero-order valence-electron chi connectivity index (χ0n) is 11.2. The van der Waals surface area contributed by atoms with Gasteiger partial charge >= 0.3 is 0 Å². The Kier molecular flexibility index (Phi) is 4.55. The van der Waals surface area contributed by atoms with Crippen LogP contribution in [-0.4, -0.2) is 44.5 Å². The summed E-state index contributed by atoms with van der Waals surface area (Å²) in [5, 5.41) is 1.04. The molecule has 6 heteroatoms. The van der Waals surface area contributed by atoms with Crippen molar-refractivity contribution in [3.8, 4) is 0 Å². The highest BCUT2D eigenvalue weighted by atomic mass is 32.1. The largest absolute Gasteiger partial charge is 0.377 e. The number of thiazole rings is 1. The Morgan fingerprint density at radius 2 is 1.94 bits per heavy atom. The molecule has 1 fully saturated rings. The van der Waals surface area contributed by atoms with Crippen molar-refractivity contribution in [2.45, 2.75) is 32.1 Å².